The molecule has 0 spiro atoms. The molecule has 0 fully saturated rings. The van der Waals surface area contributed by atoms with Crippen molar-refractivity contribution in [3.05, 3.63) is 76.5 Å². The van der Waals surface area contributed by atoms with E-state index < -0.39 is 0 Å². The standard InChI is InChI=1S/C19H17BrN4O/c1-2-13-6-8-15(9-7-13)22-18(25)17-10-11-21-19(24-17)23-16-5-3-4-14(20)12-16/h3-12H,2H2,1H3,(H,22,25)(H,21,23,24). The summed E-state index contributed by atoms with van der Waals surface area (Å²) in [5.74, 6) is 0.0935. The molecular formula is C19H17BrN4O. The minimum Gasteiger partial charge on any atom is -0.324 e. The number of aromatic nitrogens is 2. The van der Waals surface area contributed by atoms with Crippen molar-refractivity contribution in [1.29, 1.82) is 0 Å². The number of nitrogens with one attached hydrogen (secondary N) is 2. The van der Waals surface area contributed by atoms with Crippen LogP contribution >= 0.6 is 15.9 Å². The summed E-state index contributed by atoms with van der Waals surface area (Å²) < 4.78 is 0.946. The fourth-order valence-electron chi connectivity index (χ4n) is 2.26. The molecule has 0 saturated heterocycles. The van der Waals surface area contributed by atoms with Crippen molar-refractivity contribution in [2.45, 2.75) is 13.3 Å². The Morgan fingerprint density at radius 3 is 2.60 bits per heavy atom. The molecule has 1 aromatic heterocycles. The van der Waals surface area contributed by atoms with E-state index in [1.807, 2.05) is 48.5 Å². The number of rotatable bonds is 5. The lowest BCUT2D eigenvalue weighted by Crippen LogP contribution is -2.14. The van der Waals surface area contributed by atoms with Crippen LogP contribution in [0.2, 0.25) is 0 Å². The molecule has 0 radical (unpaired) electrons. The van der Waals surface area contributed by atoms with Crippen LogP contribution in [0.25, 0.3) is 0 Å². The summed E-state index contributed by atoms with van der Waals surface area (Å²) >= 11 is 3.42. The molecule has 1 heterocycles. The number of carbonyl (C=O) groups is 1. The maximum atomic E-state index is 12.4. The van der Waals surface area contributed by atoms with Crippen molar-refractivity contribution in [3.63, 3.8) is 0 Å². The lowest BCUT2D eigenvalue weighted by atomic mass is 10.1. The fraction of sp³-hybridized carbons (Fsp3) is 0.105. The quantitative estimate of drug-likeness (QED) is 0.649. The van der Waals surface area contributed by atoms with Crippen LogP contribution in [0.15, 0.2) is 65.3 Å². The Labute approximate surface area is 154 Å². The minimum absolute atomic E-state index is 0.274. The molecular weight excluding hydrogens is 380 g/mol. The Morgan fingerprint density at radius 2 is 1.88 bits per heavy atom. The number of nitrogens with zero attached hydrogens (tertiary/aromatic N) is 2. The maximum absolute atomic E-state index is 12.4. The highest BCUT2D eigenvalue weighted by molar-refractivity contribution is 9.10. The number of hydrogen-bond donors (Lipinski definition) is 2. The van der Waals surface area contributed by atoms with Crippen LogP contribution in [0.1, 0.15) is 23.0 Å². The molecule has 0 aliphatic heterocycles. The van der Waals surface area contributed by atoms with E-state index in [9.17, 15) is 4.79 Å². The zero-order valence-electron chi connectivity index (χ0n) is 13.7. The van der Waals surface area contributed by atoms with E-state index in [0.717, 1.165) is 22.3 Å². The second-order valence-electron chi connectivity index (χ2n) is 5.41. The zero-order chi connectivity index (χ0) is 17.6. The monoisotopic (exact) mass is 396 g/mol. The third kappa shape index (κ3) is 4.64. The number of anilines is 3. The first-order chi connectivity index (χ1) is 12.1. The second-order valence-corrected chi connectivity index (χ2v) is 6.32. The van der Waals surface area contributed by atoms with E-state index >= 15 is 0 Å². The van der Waals surface area contributed by atoms with Gasteiger partial charge in [-0.2, -0.15) is 0 Å². The molecule has 6 heteroatoms. The maximum Gasteiger partial charge on any atom is 0.274 e. The van der Waals surface area contributed by atoms with Gasteiger partial charge < -0.3 is 10.6 Å². The topological polar surface area (TPSA) is 66.9 Å². The van der Waals surface area contributed by atoms with Crippen LogP contribution in [-0.4, -0.2) is 15.9 Å². The summed E-state index contributed by atoms with van der Waals surface area (Å²) in [5.41, 5.74) is 3.09. The van der Waals surface area contributed by atoms with E-state index in [-0.39, 0.29) is 5.91 Å². The fourth-order valence-corrected chi connectivity index (χ4v) is 2.66. The molecule has 0 atom stereocenters. The van der Waals surface area contributed by atoms with Crippen LogP contribution in [0.5, 0.6) is 0 Å². The van der Waals surface area contributed by atoms with Gasteiger partial charge in [-0.1, -0.05) is 41.1 Å². The summed E-state index contributed by atoms with van der Waals surface area (Å²) in [6.45, 7) is 2.09. The first-order valence-corrected chi connectivity index (χ1v) is 8.69. The van der Waals surface area contributed by atoms with Gasteiger partial charge in [0.05, 0.1) is 0 Å². The van der Waals surface area contributed by atoms with Crippen molar-refractivity contribution in [2.75, 3.05) is 10.6 Å². The Balaban J connectivity index is 1.72. The summed E-state index contributed by atoms with van der Waals surface area (Å²) in [5, 5.41) is 5.93. The van der Waals surface area contributed by atoms with Gasteiger partial charge >= 0.3 is 0 Å². The van der Waals surface area contributed by atoms with Gasteiger partial charge in [0.1, 0.15) is 5.69 Å². The molecule has 2 aromatic carbocycles. The lowest BCUT2D eigenvalue weighted by Gasteiger charge is -2.08. The van der Waals surface area contributed by atoms with Gasteiger partial charge in [0, 0.05) is 22.0 Å². The SMILES string of the molecule is CCc1ccc(NC(=O)c2ccnc(Nc3cccc(Br)c3)n2)cc1. The highest BCUT2D eigenvalue weighted by Gasteiger charge is 2.09. The molecule has 0 bridgehead atoms. The molecule has 2 N–H and O–H groups in total. The zero-order valence-corrected chi connectivity index (χ0v) is 15.2. The van der Waals surface area contributed by atoms with Gasteiger partial charge in [0.15, 0.2) is 0 Å². The molecule has 0 aliphatic rings. The molecule has 0 unspecified atom stereocenters. The normalized spacial score (nSPS) is 10.3. The Hall–Kier alpha value is -2.73. The Morgan fingerprint density at radius 1 is 1.08 bits per heavy atom. The van der Waals surface area contributed by atoms with Crippen molar-refractivity contribution in [3.8, 4) is 0 Å². The molecule has 25 heavy (non-hydrogen) atoms. The van der Waals surface area contributed by atoms with Gasteiger partial charge in [-0.25, -0.2) is 9.97 Å². The summed E-state index contributed by atoms with van der Waals surface area (Å²) in [4.78, 5) is 20.8. The van der Waals surface area contributed by atoms with Crippen molar-refractivity contribution in [2.24, 2.45) is 0 Å². The smallest absolute Gasteiger partial charge is 0.274 e. The third-order valence-electron chi connectivity index (χ3n) is 3.59. The molecule has 0 aliphatic carbocycles. The number of aryl methyl sites for hydroxylation is 1. The third-order valence-corrected chi connectivity index (χ3v) is 4.08. The summed E-state index contributed by atoms with van der Waals surface area (Å²) in [7, 11) is 0. The molecule has 3 rings (SSSR count). The van der Waals surface area contributed by atoms with Crippen LogP contribution in [0.3, 0.4) is 0 Å². The van der Waals surface area contributed by atoms with Crippen molar-refractivity contribution >= 4 is 39.2 Å². The first-order valence-electron chi connectivity index (χ1n) is 7.90. The van der Waals surface area contributed by atoms with E-state index in [0.29, 0.717) is 11.6 Å². The van der Waals surface area contributed by atoms with E-state index in [1.54, 1.807) is 12.3 Å². The number of carbonyl (C=O) groups excluding carboxylic acids is 1. The van der Waals surface area contributed by atoms with Gasteiger partial charge in [0.2, 0.25) is 5.95 Å². The lowest BCUT2D eigenvalue weighted by molar-refractivity contribution is 0.102. The average Bonchev–Trinajstić information content (AvgIpc) is 2.62. The Bertz CT molecular complexity index is 881. The number of benzene rings is 2. The minimum atomic E-state index is -0.274. The predicted octanol–water partition coefficient (Wildman–Crippen LogP) is 4.80. The highest BCUT2D eigenvalue weighted by atomic mass is 79.9. The Kier molecular flexibility index (Phi) is 5.40. The summed E-state index contributed by atoms with van der Waals surface area (Å²) in [6, 6.07) is 17.0. The van der Waals surface area contributed by atoms with Crippen LogP contribution in [-0.2, 0) is 6.42 Å². The largest absolute Gasteiger partial charge is 0.324 e. The van der Waals surface area contributed by atoms with Crippen LogP contribution < -0.4 is 10.6 Å². The highest BCUT2D eigenvalue weighted by Crippen LogP contribution is 2.18. The van der Waals surface area contributed by atoms with Gasteiger partial charge in [-0.3, -0.25) is 4.79 Å². The van der Waals surface area contributed by atoms with Crippen molar-refractivity contribution in [1.82, 2.24) is 9.97 Å². The second kappa shape index (κ2) is 7.90. The van der Waals surface area contributed by atoms with Crippen LogP contribution in [0.4, 0.5) is 17.3 Å². The van der Waals surface area contributed by atoms with Gasteiger partial charge in [-0.15, -0.1) is 0 Å². The molecule has 126 valence electrons. The average molecular weight is 397 g/mol. The van der Waals surface area contributed by atoms with Gasteiger partial charge in [-0.05, 0) is 48.4 Å². The van der Waals surface area contributed by atoms with Crippen LogP contribution in [0, 0.1) is 0 Å². The van der Waals surface area contributed by atoms with E-state index in [2.05, 4.69) is 43.5 Å². The van der Waals surface area contributed by atoms with Crippen molar-refractivity contribution < 1.29 is 4.79 Å². The molecule has 0 saturated carbocycles. The molecule has 5 nitrogen and oxygen atoms in total. The summed E-state index contributed by atoms with van der Waals surface area (Å²) in [6.07, 6.45) is 2.52. The first kappa shape index (κ1) is 17.1. The number of halogens is 1. The molecule has 1 amide bonds. The molecule has 3 aromatic rings. The van der Waals surface area contributed by atoms with Gasteiger partial charge in [0.25, 0.3) is 5.91 Å². The number of amides is 1. The number of hydrogen-bond acceptors (Lipinski definition) is 4. The predicted molar refractivity (Wildman–Crippen MR) is 103 cm³/mol. The van der Waals surface area contributed by atoms with E-state index in [4.69, 9.17) is 0 Å². The van der Waals surface area contributed by atoms with E-state index in [1.165, 1.54) is 5.56 Å².